The van der Waals surface area contributed by atoms with Crippen molar-refractivity contribution in [3.63, 3.8) is 0 Å². The summed E-state index contributed by atoms with van der Waals surface area (Å²) in [5, 5.41) is 2.72. The lowest BCUT2D eigenvalue weighted by Crippen LogP contribution is -2.44. The van der Waals surface area contributed by atoms with Crippen molar-refractivity contribution in [2.75, 3.05) is 11.9 Å². The molecule has 0 radical (unpaired) electrons. The number of fused-ring (bicyclic) bond motifs is 1. The van der Waals surface area contributed by atoms with Crippen molar-refractivity contribution in [2.24, 2.45) is 0 Å². The van der Waals surface area contributed by atoms with E-state index >= 15 is 0 Å². The summed E-state index contributed by atoms with van der Waals surface area (Å²) in [6, 6.07) is 9.92. The molecule has 166 valence electrons. The molecule has 8 heteroatoms. The summed E-state index contributed by atoms with van der Waals surface area (Å²) >= 11 is 0. The van der Waals surface area contributed by atoms with E-state index in [1.54, 1.807) is 37.3 Å². The van der Waals surface area contributed by atoms with Gasteiger partial charge in [0.05, 0.1) is 11.1 Å². The average molecular weight is 436 g/mol. The lowest BCUT2D eigenvalue weighted by atomic mass is 10.1. The Hall–Kier alpha value is -3.81. The normalized spacial score (nSPS) is 13.5. The Balaban J connectivity index is 1.58. The second-order valence-electron chi connectivity index (χ2n) is 7.61. The Morgan fingerprint density at radius 2 is 1.66 bits per heavy atom. The molecule has 2 aromatic carbocycles. The molecule has 1 aliphatic rings. The van der Waals surface area contributed by atoms with E-state index in [0.29, 0.717) is 17.7 Å². The van der Waals surface area contributed by atoms with Crippen LogP contribution in [0, 0.1) is 6.92 Å². The van der Waals surface area contributed by atoms with Crippen LogP contribution in [-0.2, 0) is 14.3 Å². The quantitative estimate of drug-likeness (QED) is 0.387. The van der Waals surface area contributed by atoms with Gasteiger partial charge in [0.2, 0.25) is 5.91 Å². The Labute approximate surface area is 185 Å². The van der Waals surface area contributed by atoms with Crippen LogP contribution in [0.4, 0.5) is 5.69 Å². The van der Waals surface area contributed by atoms with E-state index in [1.807, 2.05) is 6.92 Å². The molecule has 1 aliphatic heterocycles. The molecular weight excluding hydrogens is 412 g/mol. The van der Waals surface area contributed by atoms with Gasteiger partial charge in [0, 0.05) is 17.7 Å². The molecular formula is C24H24N2O6. The van der Waals surface area contributed by atoms with Crippen LogP contribution in [0.3, 0.4) is 0 Å². The Bertz CT molecular complexity index is 1090. The van der Waals surface area contributed by atoms with Gasteiger partial charge in [0.1, 0.15) is 6.04 Å². The highest BCUT2D eigenvalue weighted by molar-refractivity contribution is 6.22. The molecule has 3 rings (SSSR count). The fraction of sp³-hybridized carbons (Fsp3) is 0.292. The number of rotatable bonds is 8. The molecule has 3 amide bonds. The molecule has 1 atom stereocenters. The van der Waals surface area contributed by atoms with Crippen LogP contribution in [0.25, 0.3) is 0 Å². The summed E-state index contributed by atoms with van der Waals surface area (Å²) in [5.74, 6) is -2.55. The Morgan fingerprint density at radius 3 is 2.31 bits per heavy atom. The number of carbonyl (C=O) groups excluding carboxylic acids is 5. The largest absolute Gasteiger partial charge is 0.456 e. The minimum Gasteiger partial charge on any atom is -0.456 e. The summed E-state index contributed by atoms with van der Waals surface area (Å²) < 4.78 is 5.07. The van der Waals surface area contributed by atoms with Crippen molar-refractivity contribution in [1.82, 2.24) is 4.90 Å². The number of imide groups is 1. The number of hydrogen-bond donors (Lipinski definition) is 1. The number of carbonyl (C=O) groups is 5. The number of benzene rings is 2. The maximum Gasteiger partial charge on any atom is 0.329 e. The predicted molar refractivity (Wildman–Crippen MR) is 116 cm³/mol. The molecule has 0 saturated carbocycles. The number of hydrogen-bond acceptors (Lipinski definition) is 6. The van der Waals surface area contributed by atoms with Crippen LogP contribution in [0.2, 0.25) is 0 Å². The molecule has 0 saturated heterocycles. The van der Waals surface area contributed by atoms with Gasteiger partial charge in [-0.2, -0.15) is 0 Å². The van der Waals surface area contributed by atoms with E-state index in [2.05, 4.69) is 5.32 Å². The number of aryl methyl sites for hydroxylation is 1. The predicted octanol–water partition coefficient (Wildman–Crippen LogP) is 3.14. The Kier molecular flexibility index (Phi) is 6.82. The summed E-state index contributed by atoms with van der Waals surface area (Å²) in [4.78, 5) is 62.5. The molecule has 0 spiro atoms. The maximum absolute atomic E-state index is 12.6. The lowest BCUT2D eigenvalue weighted by Gasteiger charge is -2.20. The molecule has 0 fully saturated rings. The van der Waals surface area contributed by atoms with Crippen LogP contribution >= 0.6 is 0 Å². The molecule has 1 heterocycles. The van der Waals surface area contributed by atoms with Crippen molar-refractivity contribution >= 4 is 35.2 Å². The molecule has 0 bridgehead atoms. The smallest absolute Gasteiger partial charge is 0.329 e. The first-order valence-electron chi connectivity index (χ1n) is 10.3. The van der Waals surface area contributed by atoms with Crippen LogP contribution < -0.4 is 5.32 Å². The van der Waals surface area contributed by atoms with E-state index in [9.17, 15) is 24.0 Å². The molecule has 0 unspecified atom stereocenters. The third-order valence-corrected chi connectivity index (χ3v) is 5.12. The van der Waals surface area contributed by atoms with Gasteiger partial charge >= 0.3 is 5.97 Å². The number of amides is 3. The van der Waals surface area contributed by atoms with Gasteiger partial charge < -0.3 is 10.1 Å². The van der Waals surface area contributed by atoms with E-state index < -0.39 is 36.2 Å². The van der Waals surface area contributed by atoms with Crippen molar-refractivity contribution in [1.29, 1.82) is 0 Å². The number of nitrogens with one attached hydrogen (secondary N) is 1. The van der Waals surface area contributed by atoms with Crippen LogP contribution in [-0.4, -0.2) is 47.0 Å². The number of Topliss-reactive ketones (excluding diaryl/α,β-unsaturated/α-hetero) is 1. The highest BCUT2D eigenvalue weighted by Gasteiger charge is 2.41. The molecule has 2 aromatic rings. The summed E-state index contributed by atoms with van der Waals surface area (Å²) in [5.41, 5.74) is 2.17. The van der Waals surface area contributed by atoms with Crippen molar-refractivity contribution in [3.05, 3.63) is 64.7 Å². The molecule has 1 N–H and O–H groups in total. The van der Waals surface area contributed by atoms with Gasteiger partial charge in [-0.1, -0.05) is 18.6 Å². The third kappa shape index (κ3) is 4.74. The fourth-order valence-corrected chi connectivity index (χ4v) is 3.36. The Morgan fingerprint density at radius 1 is 1.00 bits per heavy atom. The average Bonchev–Trinajstić information content (AvgIpc) is 3.01. The SMILES string of the molecule is CCCC(=O)Nc1ccc(C(=O)COC(=O)[C@@H](C)N2C(=O)c3ccc(C)cc3C2=O)cc1. The molecule has 32 heavy (non-hydrogen) atoms. The van der Waals surface area contributed by atoms with E-state index in [4.69, 9.17) is 4.74 Å². The zero-order valence-electron chi connectivity index (χ0n) is 18.1. The molecule has 8 nitrogen and oxygen atoms in total. The summed E-state index contributed by atoms with van der Waals surface area (Å²) in [6.45, 7) is 4.55. The highest BCUT2D eigenvalue weighted by atomic mass is 16.5. The number of ketones is 1. The minimum atomic E-state index is -1.17. The molecule has 0 aliphatic carbocycles. The van der Waals surface area contributed by atoms with Crippen molar-refractivity contribution in [3.8, 4) is 0 Å². The summed E-state index contributed by atoms with van der Waals surface area (Å²) in [6.07, 6.45) is 1.13. The second kappa shape index (κ2) is 9.55. The third-order valence-electron chi connectivity index (χ3n) is 5.12. The molecule has 0 aromatic heterocycles. The first-order chi connectivity index (χ1) is 15.2. The van der Waals surface area contributed by atoms with Crippen molar-refractivity contribution < 1.29 is 28.7 Å². The standard InChI is InChI=1S/C24H24N2O6/c1-4-5-21(28)25-17-9-7-16(8-10-17)20(27)13-32-24(31)15(3)26-22(29)18-11-6-14(2)12-19(18)23(26)30/h6-12,15H,4-5,13H2,1-3H3,(H,25,28)/t15-/m1/s1. The number of nitrogens with zero attached hydrogens (tertiary/aromatic N) is 1. The monoisotopic (exact) mass is 436 g/mol. The second-order valence-corrected chi connectivity index (χ2v) is 7.61. The maximum atomic E-state index is 12.6. The zero-order chi connectivity index (χ0) is 23.4. The highest BCUT2D eigenvalue weighted by Crippen LogP contribution is 2.26. The van der Waals surface area contributed by atoms with Crippen LogP contribution in [0.1, 0.15) is 63.3 Å². The van der Waals surface area contributed by atoms with Crippen LogP contribution in [0.5, 0.6) is 0 Å². The first-order valence-corrected chi connectivity index (χ1v) is 10.3. The van der Waals surface area contributed by atoms with Gasteiger partial charge in [0.25, 0.3) is 11.8 Å². The number of esters is 1. The summed E-state index contributed by atoms with van der Waals surface area (Å²) in [7, 11) is 0. The zero-order valence-corrected chi connectivity index (χ0v) is 18.1. The van der Waals surface area contributed by atoms with Gasteiger partial charge in [-0.3, -0.25) is 24.1 Å². The number of ether oxygens (including phenoxy) is 1. The first kappa shape index (κ1) is 22.9. The van der Waals surface area contributed by atoms with Gasteiger partial charge in [-0.25, -0.2) is 4.79 Å². The van der Waals surface area contributed by atoms with Gasteiger partial charge in [0.15, 0.2) is 12.4 Å². The van der Waals surface area contributed by atoms with Gasteiger partial charge in [-0.15, -0.1) is 0 Å². The van der Waals surface area contributed by atoms with E-state index in [1.165, 1.54) is 19.1 Å². The minimum absolute atomic E-state index is 0.113. The van der Waals surface area contributed by atoms with E-state index in [0.717, 1.165) is 16.9 Å². The fourth-order valence-electron chi connectivity index (χ4n) is 3.36. The topological polar surface area (TPSA) is 110 Å². The van der Waals surface area contributed by atoms with E-state index in [-0.39, 0.29) is 17.0 Å². The number of anilines is 1. The lowest BCUT2D eigenvalue weighted by molar-refractivity contribution is -0.146. The van der Waals surface area contributed by atoms with Crippen LogP contribution in [0.15, 0.2) is 42.5 Å². The van der Waals surface area contributed by atoms with Crippen molar-refractivity contribution in [2.45, 2.75) is 39.7 Å². The van der Waals surface area contributed by atoms with Gasteiger partial charge in [-0.05, 0) is 56.7 Å².